The van der Waals surface area contributed by atoms with Gasteiger partial charge in [-0.1, -0.05) is 69.6 Å². The zero-order valence-corrected chi connectivity index (χ0v) is 22.6. The largest absolute Gasteiger partial charge is 0.315 e. The molecule has 0 saturated carbocycles. The number of alkyl halides is 6. The highest BCUT2D eigenvalue weighted by Crippen LogP contribution is 2.40. The number of benzene rings is 1. The number of rotatable bonds is 10. The molecule has 0 bridgehead atoms. The van der Waals surface area contributed by atoms with Crippen molar-refractivity contribution >= 4 is 75.3 Å². The fraction of sp³-hybridized carbons (Fsp3) is 0.526. The van der Waals surface area contributed by atoms with Gasteiger partial charge in [0.05, 0.1) is 13.2 Å². The van der Waals surface area contributed by atoms with Crippen molar-refractivity contribution in [1.29, 1.82) is 0 Å². The predicted octanol–water partition coefficient (Wildman–Crippen LogP) is 6.63. The minimum atomic E-state index is -1.95. The summed E-state index contributed by atoms with van der Waals surface area (Å²) in [5.41, 5.74) is 1.29. The maximum atomic E-state index is 5.95. The third-order valence-electron chi connectivity index (χ3n) is 4.00. The smallest absolute Gasteiger partial charge is 0.250 e. The third-order valence-corrected chi connectivity index (χ3v) is 5.01. The van der Waals surface area contributed by atoms with Crippen LogP contribution in [0.5, 0.6) is 0 Å². The number of nitrogens with zero attached hydrogens (tertiary/aromatic N) is 4. The minimum Gasteiger partial charge on any atom is -0.315 e. The number of hydrogen-bond acceptors (Lipinski definition) is 8. The van der Waals surface area contributed by atoms with E-state index in [0.717, 1.165) is 5.69 Å². The molecule has 1 aromatic heterocycles. The third kappa shape index (κ3) is 8.35. The summed E-state index contributed by atoms with van der Waals surface area (Å²) in [7, 11) is 0. The highest BCUT2D eigenvalue weighted by atomic mass is 35.6. The van der Waals surface area contributed by atoms with Crippen molar-refractivity contribution in [3.05, 3.63) is 35.9 Å². The van der Waals surface area contributed by atoms with Gasteiger partial charge in [0.2, 0.25) is 7.59 Å². The highest BCUT2D eigenvalue weighted by molar-refractivity contribution is 6.67. The van der Waals surface area contributed by atoms with Crippen LogP contribution in [0.2, 0.25) is 0 Å². The van der Waals surface area contributed by atoms with Crippen LogP contribution in [0.25, 0.3) is 11.4 Å². The van der Waals surface area contributed by atoms with Gasteiger partial charge in [0, 0.05) is 11.3 Å². The zero-order valence-electron chi connectivity index (χ0n) is 18.1. The Morgan fingerprint density at radius 2 is 1.18 bits per heavy atom. The Morgan fingerprint density at radius 3 is 1.55 bits per heavy atom. The van der Waals surface area contributed by atoms with Gasteiger partial charge in [-0.15, -0.1) is 0 Å². The summed E-state index contributed by atoms with van der Waals surface area (Å²) in [5.74, 6) is -0.202. The molecule has 0 radical (unpaired) electrons. The van der Waals surface area contributed by atoms with Gasteiger partial charge in [-0.3, -0.25) is 0 Å². The number of hydrogen-bond donors (Lipinski definition) is 0. The quantitative estimate of drug-likeness (QED) is 0.134. The van der Waals surface area contributed by atoms with Gasteiger partial charge in [-0.2, -0.15) is 0 Å². The van der Waals surface area contributed by atoms with Gasteiger partial charge in [0.15, 0.2) is 29.9 Å². The molecule has 0 aliphatic heterocycles. The van der Waals surface area contributed by atoms with Crippen LogP contribution in [0.15, 0.2) is 24.3 Å². The van der Waals surface area contributed by atoms with Crippen molar-refractivity contribution in [1.82, 2.24) is 15.0 Å². The molecule has 1 heterocycles. The van der Waals surface area contributed by atoms with Gasteiger partial charge in [-0.25, -0.2) is 34.5 Å². The lowest BCUT2D eigenvalue weighted by molar-refractivity contribution is -0.344. The molecule has 184 valence electrons. The summed E-state index contributed by atoms with van der Waals surface area (Å²) in [4.78, 5) is 35.2. The molecule has 2 aromatic rings. The fourth-order valence-corrected chi connectivity index (χ4v) is 3.19. The molecule has 0 N–H and O–H groups in total. The van der Waals surface area contributed by atoms with Gasteiger partial charge in [0.1, 0.15) is 0 Å². The van der Waals surface area contributed by atoms with E-state index in [-0.39, 0.29) is 17.5 Å². The molecule has 0 spiro atoms. The normalized spacial score (nSPS) is 14.2. The van der Waals surface area contributed by atoms with Crippen LogP contribution in [-0.4, -0.2) is 40.6 Å². The van der Waals surface area contributed by atoms with E-state index in [1.807, 2.05) is 32.6 Å². The SMILES string of the molecule is CCOOC(C)N(c1ccc(-c2nc(C(Cl)(Cl)Cl)nc(C(Cl)(Cl)Cl)n2)cc1)C(C)OOCC. The molecule has 1 aromatic carbocycles. The second kappa shape index (κ2) is 12.5. The second-order valence-corrected chi connectivity index (χ2v) is 11.0. The summed E-state index contributed by atoms with van der Waals surface area (Å²) in [6.45, 7) is 8.02. The first-order valence-electron chi connectivity index (χ1n) is 9.74. The number of aromatic nitrogens is 3. The molecule has 2 unspecified atom stereocenters. The first-order chi connectivity index (χ1) is 15.4. The molecule has 0 amide bonds. The van der Waals surface area contributed by atoms with Crippen molar-refractivity contribution in [2.45, 2.75) is 47.7 Å². The Labute approximate surface area is 222 Å². The maximum absolute atomic E-state index is 5.95. The summed E-state index contributed by atoms with van der Waals surface area (Å²) >= 11 is 35.7. The van der Waals surface area contributed by atoms with Gasteiger partial charge < -0.3 is 4.90 Å². The molecule has 8 nitrogen and oxygen atoms in total. The van der Waals surface area contributed by atoms with Crippen LogP contribution in [0.1, 0.15) is 39.3 Å². The van der Waals surface area contributed by atoms with Crippen molar-refractivity contribution in [3.63, 3.8) is 0 Å². The lowest BCUT2D eigenvalue weighted by Crippen LogP contribution is -2.43. The van der Waals surface area contributed by atoms with Gasteiger partial charge >= 0.3 is 0 Å². The molecule has 0 aliphatic carbocycles. The van der Waals surface area contributed by atoms with Crippen molar-refractivity contribution < 1.29 is 19.6 Å². The van der Waals surface area contributed by atoms with Crippen molar-refractivity contribution in [2.24, 2.45) is 0 Å². The van der Waals surface area contributed by atoms with E-state index in [2.05, 4.69) is 15.0 Å². The topological polar surface area (TPSA) is 78.8 Å². The van der Waals surface area contributed by atoms with Crippen LogP contribution in [0.4, 0.5) is 5.69 Å². The van der Waals surface area contributed by atoms with Crippen molar-refractivity contribution in [2.75, 3.05) is 18.1 Å². The van der Waals surface area contributed by atoms with Crippen LogP contribution in [0, 0.1) is 0 Å². The highest BCUT2D eigenvalue weighted by Gasteiger charge is 2.34. The van der Waals surface area contributed by atoms with Crippen LogP contribution in [-0.2, 0) is 27.1 Å². The first-order valence-corrected chi connectivity index (χ1v) is 12.0. The summed E-state index contributed by atoms with van der Waals surface area (Å²) in [6.07, 6.45) is -1.01. The summed E-state index contributed by atoms with van der Waals surface area (Å²) in [5, 5.41) is 0. The molecule has 33 heavy (non-hydrogen) atoms. The number of halogens is 6. The van der Waals surface area contributed by atoms with Gasteiger partial charge in [-0.05, 0) is 52.0 Å². The fourth-order valence-electron chi connectivity index (χ4n) is 2.68. The van der Waals surface area contributed by atoms with E-state index < -0.39 is 20.0 Å². The molecule has 0 aliphatic rings. The van der Waals surface area contributed by atoms with Crippen LogP contribution < -0.4 is 4.90 Å². The zero-order chi connectivity index (χ0) is 24.8. The maximum Gasteiger partial charge on any atom is 0.250 e. The Kier molecular flexibility index (Phi) is 11.0. The average molecular weight is 583 g/mol. The lowest BCUT2D eigenvalue weighted by atomic mass is 10.1. The molecule has 0 fully saturated rings. The molecule has 2 rings (SSSR count). The predicted molar refractivity (Wildman–Crippen MR) is 131 cm³/mol. The van der Waals surface area contributed by atoms with Gasteiger partial charge in [0.25, 0.3) is 0 Å². The Morgan fingerprint density at radius 1 is 0.758 bits per heavy atom. The monoisotopic (exact) mass is 580 g/mol. The van der Waals surface area contributed by atoms with E-state index in [4.69, 9.17) is 89.2 Å². The lowest BCUT2D eigenvalue weighted by Gasteiger charge is -2.34. The Balaban J connectivity index is 2.44. The minimum absolute atomic E-state index is 0.156. The summed E-state index contributed by atoms with van der Waals surface area (Å²) in [6, 6.07) is 7.06. The molecular formula is C19H22Cl6N4O4. The first kappa shape index (κ1) is 28.8. The van der Waals surface area contributed by atoms with E-state index in [1.165, 1.54) is 0 Å². The van der Waals surface area contributed by atoms with E-state index in [1.54, 1.807) is 24.3 Å². The Hall–Kier alpha value is -0.390. The average Bonchev–Trinajstić information content (AvgIpc) is 2.75. The summed E-state index contributed by atoms with van der Waals surface area (Å²) < 4.78 is -3.89. The number of anilines is 1. The Bertz CT molecular complexity index is 849. The van der Waals surface area contributed by atoms with E-state index >= 15 is 0 Å². The standard InChI is InChI=1S/C19H22Cl6N4O4/c1-5-30-32-11(3)29(12(4)33-31-6-2)14-9-7-13(8-10-14)15-26-16(18(20,21)22)28-17(27-15)19(23,24)25/h7-12H,5-6H2,1-4H3. The second-order valence-electron chi connectivity index (χ2n) is 6.46. The van der Waals surface area contributed by atoms with Crippen LogP contribution >= 0.6 is 69.6 Å². The molecule has 14 heteroatoms. The molecular weight excluding hydrogens is 561 g/mol. The van der Waals surface area contributed by atoms with E-state index in [0.29, 0.717) is 18.8 Å². The van der Waals surface area contributed by atoms with E-state index in [9.17, 15) is 0 Å². The molecule has 2 atom stereocenters. The van der Waals surface area contributed by atoms with Crippen molar-refractivity contribution in [3.8, 4) is 11.4 Å². The molecule has 0 saturated heterocycles. The van der Waals surface area contributed by atoms with Crippen LogP contribution in [0.3, 0.4) is 0 Å².